The van der Waals surface area contributed by atoms with E-state index >= 15 is 0 Å². The highest BCUT2D eigenvalue weighted by atomic mass is 15.0. The van der Waals surface area contributed by atoms with Gasteiger partial charge in [-0.15, -0.1) is 0 Å². The second-order valence-corrected chi connectivity index (χ2v) is 13.8. The smallest absolute Gasteiger partial charge is 0.164 e. The van der Waals surface area contributed by atoms with Crippen LogP contribution in [0.15, 0.2) is 182 Å². The van der Waals surface area contributed by atoms with E-state index in [1.165, 1.54) is 43.4 Å². The number of benzene rings is 9. The zero-order chi connectivity index (χ0) is 35.6. The summed E-state index contributed by atoms with van der Waals surface area (Å²) in [6.45, 7) is 0. The molecule has 0 saturated heterocycles. The lowest BCUT2D eigenvalue weighted by Gasteiger charge is -2.15. The zero-order valence-electron chi connectivity index (χ0n) is 29.1. The van der Waals surface area contributed by atoms with Crippen LogP contribution < -0.4 is 0 Å². The first-order chi connectivity index (χ1) is 26.8. The van der Waals surface area contributed by atoms with Gasteiger partial charge in [-0.2, -0.15) is 0 Å². The Balaban J connectivity index is 1.14. The molecule has 2 aromatic heterocycles. The van der Waals surface area contributed by atoms with Gasteiger partial charge >= 0.3 is 0 Å². The molecule has 0 fully saturated rings. The normalized spacial score (nSPS) is 11.7. The Labute approximate surface area is 311 Å². The summed E-state index contributed by atoms with van der Waals surface area (Å²) in [7, 11) is 0. The van der Waals surface area contributed by atoms with Gasteiger partial charge in [0.05, 0.1) is 5.52 Å². The maximum absolute atomic E-state index is 5.27. The van der Waals surface area contributed by atoms with Crippen LogP contribution in [-0.2, 0) is 0 Å². The molecule has 0 amide bonds. The molecule has 0 unspecified atom stereocenters. The molecule has 0 atom stereocenters. The van der Waals surface area contributed by atoms with Gasteiger partial charge in [0.25, 0.3) is 0 Å². The monoisotopic (exact) mass is 686 g/mol. The van der Waals surface area contributed by atoms with Crippen molar-refractivity contribution in [2.24, 2.45) is 0 Å². The molecule has 0 radical (unpaired) electrons. The molecule has 0 aliphatic heterocycles. The maximum atomic E-state index is 5.27. The first kappa shape index (κ1) is 30.3. The van der Waals surface area contributed by atoms with Crippen LogP contribution in [0.3, 0.4) is 0 Å². The first-order valence-electron chi connectivity index (χ1n) is 18.2. The van der Waals surface area contributed by atoms with Crippen molar-refractivity contribution in [1.29, 1.82) is 0 Å². The molecule has 0 bridgehead atoms. The summed E-state index contributed by atoms with van der Waals surface area (Å²) in [6.07, 6.45) is 1.85. The van der Waals surface area contributed by atoms with Crippen LogP contribution in [0, 0.1) is 0 Å². The molecule has 2 heterocycles. The van der Waals surface area contributed by atoms with E-state index in [0.29, 0.717) is 17.5 Å². The van der Waals surface area contributed by atoms with Crippen LogP contribution in [0.5, 0.6) is 0 Å². The molecule has 0 saturated carbocycles. The SMILES string of the molecule is c1ccc(-c2nc(-c3cccc4c(-c5ccc6c7ccccc7c7ccccc7c6c5)cccc34)nc(-c3cc4cccnc4c4ccccc34)n2)cc1. The van der Waals surface area contributed by atoms with E-state index in [-0.39, 0.29) is 0 Å². The first-order valence-corrected chi connectivity index (χ1v) is 18.2. The summed E-state index contributed by atoms with van der Waals surface area (Å²) in [5, 5.41) is 13.0. The highest BCUT2D eigenvalue weighted by Gasteiger charge is 2.18. The number of aromatic nitrogens is 4. The quantitative estimate of drug-likeness (QED) is 0.173. The Morgan fingerprint density at radius 3 is 1.52 bits per heavy atom. The van der Waals surface area contributed by atoms with Gasteiger partial charge in [0.15, 0.2) is 17.5 Å². The van der Waals surface area contributed by atoms with Gasteiger partial charge in [-0.1, -0.05) is 158 Å². The van der Waals surface area contributed by atoms with Crippen molar-refractivity contribution in [3.05, 3.63) is 182 Å². The van der Waals surface area contributed by atoms with Crippen molar-refractivity contribution in [2.45, 2.75) is 0 Å². The highest BCUT2D eigenvalue weighted by molar-refractivity contribution is 6.26. The minimum atomic E-state index is 0.627. The third-order valence-corrected chi connectivity index (χ3v) is 10.7. The number of nitrogens with zero attached hydrogens (tertiary/aromatic N) is 4. The fourth-order valence-electron chi connectivity index (χ4n) is 8.27. The lowest BCUT2D eigenvalue weighted by atomic mass is 9.90. The lowest BCUT2D eigenvalue weighted by molar-refractivity contribution is 1.08. The summed E-state index contributed by atoms with van der Waals surface area (Å²) >= 11 is 0. The van der Waals surface area contributed by atoms with Crippen LogP contribution in [0.2, 0.25) is 0 Å². The predicted octanol–water partition coefficient (Wildman–Crippen LogP) is 12.9. The van der Waals surface area contributed by atoms with Gasteiger partial charge in [0.2, 0.25) is 0 Å². The van der Waals surface area contributed by atoms with Gasteiger partial charge in [0.1, 0.15) is 0 Å². The molecular formula is C50H30N4. The number of hydrogen-bond donors (Lipinski definition) is 0. The molecule has 9 aromatic carbocycles. The van der Waals surface area contributed by atoms with Crippen LogP contribution in [0.4, 0.5) is 0 Å². The predicted molar refractivity (Wildman–Crippen MR) is 224 cm³/mol. The van der Waals surface area contributed by atoms with Crippen LogP contribution in [-0.4, -0.2) is 19.9 Å². The van der Waals surface area contributed by atoms with Crippen molar-refractivity contribution < 1.29 is 0 Å². The fraction of sp³-hybridized carbons (Fsp3) is 0. The fourth-order valence-corrected chi connectivity index (χ4v) is 8.27. The van der Waals surface area contributed by atoms with E-state index in [1.54, 1.807) is 0 Å². The summed E-state index contributed by atoms with van der Waals surface area (Å²) < 4.78 is 0. The van der Waals surface area contributed by atoms with Crippen molar-refractivity contribution >= 4 is 64.8 Å². The van der Waals surface area contributed by atoms with Gasteiger partial charge in [-0.05, 0) is 77.8 Å². The average Bonchev–Trinajstić information content (AvgIpc) is 3.25. The van der Waals surface area contributed by atoms with Gasteiger partial charge in [-0.25, -0.2) is 15.0 Å². The Hall–Kier alpha value is -7.30. The zero-order valence-corrected chi connectivity index (χ0v) is 29.1. The molecule has 54 heavy (non-hydrogen) atoms. The minimum Gasteiger partial charge on any atom is -0.256 e. The summed E-state index contributed by atoms with van der Waals surface area (Å²) in [5.41, 5.74) is 6.14. The Kier molecular flexibility index (Phi) is 6.82. The molecule has 11 aromatic rings. The Bertz CT molecular complexity index is 3240. The van der Waals surface area contributed by atoms with Crippen LogP contribution in [0.1, 0.15) is 0 Å². The van der Waals surface area contributed by atoms with E-state index in [9.17, 15) is 0 Å². The molecule has 0 aliphatic carbocycles. The molecule has 11 rings (SSSR count). The third kappa shape index (κ3) is 4.78. The second kappa shape index (κ2) is 12.1. The van der Waals surface area contributed by atoms with E-state index < -0.39 is 0 Å². The van der Waals surface area contributed by atoms with Crippen LogP contribution in [0.25, 0.3) is 110 Å². The van der Waals surface area contributed by atoms with Crippen LogP contribution >= 0.6 is 0 Å². The molecule has 250 valence electrons. The van der Waals surface area contributed by atoms with Crippen molar-refractivity contribution in [3.8, 4) is 45.3 Å². The molecular weight excluding hydrogens is 657 g/mol. The standard InChI is InChI=1S/C50H30N4/c1-2-13-31(14-3-1)48-52-49(54-50(53-48)46-30-33-15-12-28-51-47(33)43-21-9-8-20-41(43)46)44-25-11-23-35-34(22-10-24-39(35)44)32-26-27-42-38-18-5-4-16-36(38)37-17-6-7-19-40(37)45(42)29-32/h1-30H. The van der Waals surface area contributed by atoms with Crippen molar-refractivity contribution in [1.82, 2.24) is 19.9 Å². The topological polar surface area (TPSA) is 51.6 Å². The molecule has 0 aliphatic rings. The number of pyridine rings is 1. The van der Waals surface area contributed by atoms with E-state index in [2.05, 4.69) is 152 Å². The molecule has 4 nitrogen and oxygen atoms in total. The van der Waals surface area contributed by atoms with Crippen molar-refractivity contribution in [2.75, 3.05) is 0 Å². The van der Waals surface area contributed by atoms with Gasteiger partial charge in [-0.3, -0.25) is 4.98 Å². The molecule has 4 heteroatoms. The Morgan fingerprint density at radius 1 is 0.278 bits per heavy atom. The Morgan fingerprint density at radius 2 is 0.796 bits per heavy atom. The van der Waals surface area contributed by atoms with E-state index in [0.717, 1.165) is 49.1 Å². The largest absolute Gasteiger partial charge is 0.256 e. The minimum absolute atomic E-state index is 0.627. The molecule has 0 spiro atoms. The highest BCUT2D eigenvalue weighted by Crippen LogP contribution is 2.40. The summed E-state index contributed by atoms with van der Waals surface area (Å²) in [4.78, 5) is 20.3. The van der Waals surface area contributed by atoms with E-state index in [4.69, 9.17) is 19.9 Å². The van der Waals surface area contributed by atoms with Gasteiger partial charge in [0, 0.05) is 33.7 Å². The third-order valence-electron chi connectivity index (χ3n) is 10.7. The van der Waals surface area contributed by atoms with E-state index in [1.807, 2.05) is 30.5 Å². The number of rotatable bonds is 4. The lowest BCUT2D eigenvalue weighted by Crippen LogP contribution is -2.01. The van der Waals surface area contributed by atoms with Gasteiger partial charge < -0.3 is 0 Å². The average molecular weight is 687 g/mol. The summed E-state index contributed by atoms with van der Waals surface area (Å²) in [5.74, 6) is 1.89. The summed E-state index contributed by atoms with van der Waals surface area (Å²) in [6, 6.07) is 62.2. The van der Waals surface area contributed by atoms with Crippen molar-refractivity contribution in [3.63, 3.8) is 0 Å². The number of hydrogen-bond acceptors (Lipinski definition) is 4. The second-order valence-electron chi connectivity index (χ2n) is 13.8. The maximum Gasteiger partial charge on any atom is 0.164 e. The molecule has 0 N–H and O–H groups in total. The number of fused-ring (bicyclic) bond motifs is 10.